The van der Waals surface area contributed by atoms with Gasteiger partial charge in [0.05, 0.1) is 11.4 Å². The molecule has 8 heteroatoms. The van der Waals surface area contributed by atoms with Crippen LogP contribution in [0.2, 0.25) is 0 Å². The van der Waals surface area contributed by atoms with Crippen LogP contribution in [0.4, 0.5) is 15.9 Å². The molecular weight excluding hydrogens is 283 g/mol. The van der Waals surface area contributed by atoms with Crippen LogP contribution in [0.5, 0.6) is 0 Å². The molecule has 0 unspecified atom stereocenters. The molecule has 6 nitrogen and oxygen atoms in total. The van der Waals surface area contributed by atoms with E-state index in [2.05, 4.69) is 5.10 Å². The summed E-state index contributed by atoms with van der Waals surface area (Å²) in [7, 11) is -0.944. The lowest BCUT2D eigenvalue weighted by Crippen LogP contribution is -2.27. The summed E-state index contributed by atoms with van der Waals surface area (Å²) in [4.78, 5) is -0.0632. The van der Waals surface area contributed by atoms with Crippen molar-refractivity contribution in [3.63, 3.8) is 0 Å². The van der Waals surface area contributed by atoms with E-state index in [4.69, 9.17) is 5.73 Å². The van der Waals surface area contributed by atoms with E-state index in [1.54, 1.807) is 14.0 Å². The number of nitrogens with zero attached hydrogens (tertiary/aromatic N) is 3. The molecule has 0 aliphatic carbocycles. The van der Waals surface area contributed by atoms with Gasteiger partial charge in [0.2, 0.25) is 0 Å². The number of sulfonamides is 1. The lowest BCUT2D eigenvalue weighted by Gasteiger charge is -2.19. The molecule has 0 aliphatic rings. The molecule has 2 rings (SSSR count). The summed E-state index contributed by atoms with van der Waals surface area (Å²) in [6.45, 7) is 1.61. The summed E-state index contributed by atoms with van der Waals surface area (Å²) in [5, 5.41) is 3.89. The molecule has 1 aromatic carbocycles. The normalized spacial score (nSPS) is 11.6. The average molecular weight is 298 g/mol. The van der Waals surface area contributed by atoms with Crippen LogP contribution in [0.15, 0.2) is 29.2 Å². The van der Waals surface area contributed by atoms with Gasteiger partial charge in [-0.2, -0.15) is 5.10 Å². The van der Waals surface area contributed by atoms with Crippen molar-refractivity contribution in [3.05, 3.63) is 35.8 Å². The molecular formula is C12H15FN4O2S. The highest BCUT2D eigenvalue weighted by molar-refractivity contribution is 7.93. The van der Waals surface area contributed by atoms with Crippen molar-refractivity contribution in [1.82, 2.24) is 9.78 Å². The van der Waals surface area contributed by atoms with E-state index >= 15 is 0 Å². The molecule has 0 fully saturated rings. The first-order valence-electron chi connectivity index (χ1n) is 5.78. The molecule has 0 aliphatic heterocycles. The zero-order valence-corrected chi connectivity index (χ0v) is 12.1. The van der Waals surface area contributed by atoms with Crippen LogP contribution in [-0.2, 0) is 17.1 Å². The number of nitrogen functional groups attached to an aromatic ring is 1. The Labute approximate surface area is 116 Å². The highest BCUT2D eigenvalue weighted by Crippen LogP contribution is 2.28. The third-order valence-corrected chi connectivity index (χ3v) is 5.05. The maximum Gasteiger partial charge on any atom is 0.269 e. The number of hydrogen-bond acceptors (Lipinski definition) is 4. The molecule has 0 bridgehead atoms. The van der Waals surface area contributed by atoms with E-state index in [-0.39, 0.29) is 16.4 Å². The Morgan fingerprint density at radius 3 is 2.55 bits per heavy atom. The third kappa shape index (κ3) is 2.22. The summed E-state index contributed by atoms with van der Waals surface area (Å²) in [6, 6.07) is 5.33. The summed E-state index contributed by atoms with van der Waals surface area (Å²) in [6.07, 6.45) is 0. The highest BCUT2D eigenvalue weighted by Gasteiger charge is 2.29. The molecule has 0 amide bonds. The first kappa shape index (κ1) is 14.3. The molecule has 20 heavy (non-hydrogen) atoms. The maximum atomic E-state index is 13.2. The number of aromatic nitrogens is 2. The predicted molar refractivity (Wildman–Crippen MR) is 74.3 cm³/mol. The fraction of sp³-hybridized carbons (Fsp3) is 0.250. The van der Waals surface area contributed by atoms with Crippen molar-refractivity contribution in [2.75, 3.05) is 17.1 Å². The minimum absolute atomic E-state index is 0.0632. The SMILES string of the molecule is Cc1c(S(=O)(=O)N(C)c2cccc(F)c2)c(N)nn1C. The number of halogens is 1. The number of rotatable bonds is 3. The van der Waals surface area contributed by atoms with E-state index in [1.165, 1.54) is 29.9 Å². The summed E-state index contributed by atoms with van der Waals surface area (Å²) < 4.78 is 40.7. The molecule has 0 atom stereocenters. The number of aryl methyl sites for hydroxylation is 1. The Kier molecular flexibility index (Phi) is 3.43. The predicted octanol–water partition coefficient (Wildman–Crippen LogP) is 1.27. The second kappa shape index (κ2) is 4.78. The van der Waals surface area contributed by atoms with Gasteiger partial charge in [0, 0.05) is 14.1 Å². The van der Waals surface area contributed by atoms with Gasteiger partial charge in [-0.15, -0.1) is 0 Å². The lowest BCUT2D eigenvalue weighted by molar-refractivity contribution is 0.593. The van der Waals surface area contributed by atoms with E-state index in [0.717, 1.165) is 10.4 Å². The number of anilines is 2. The Morgan fingerprint density at radius 2 is 2.05 bits per heavy atom. The Balaban J connectivity index is 2.55. The minimum Gasteiger partial charge on any atom is -0.381 e. The van der Waals surface area contributed by atoms with Crippen LogP contribution < -0.4 is 10.0 Å². The van der Waals surface area contributed by atoms with Crippen LogP contribution in [0, 0.1) is 12.7 Å². The first-order valence-corrected chi connectivity index (χ1v) is 7.22. The zero-order valence-electron chi connectivity index (χ0n) is 11.3. The van der Waals surface area contributed by atoms with E-state index in [1.807, 2.05) is 0 Å². The van der Waals surface area contributed by atoms with Crippen molar-refractivity contribution >= 4 is 21.5 Å². The monoisotopic (exact) mass is 298 g/mol. The average Bonchev–Trinajstić information content (AvgIpc) is 2.62. The van der Waals surface area contributed by atoms with E-state index in [9.17, 15) is 12.8 Å². The van der Waals surface area contributed by atoms with Crippen molar-refractivity contribution in [3.8, 4) is 0 Å². The van der Waals surface area contributed by atoms with Crippen molar-refractivity contribution in [2.24, 2.45) is 7.05 Å². The zero-order chi connectivity index (χ0) is 15.1. The van der Waals surface area contributed by atoms with Gasteiger partial charge in [-0.3, -0.25) is 8.99 Å². The molecule has 0 saturated carbocycles. The lowest BCUT2D eigenvalue weighted by atomic mass is 10.3. The van der Waals surface area contributed by atoms with Crippen LogP contribution in [0.1, 0.15) is 5.69 Å². The maximum absolute atomic E-state index is 13.2. The smallest absolute Gasteiger partial charge is 0.269 e. The Morgan fingerprint density at radius 1 is 1.40 bits per heavy atom. The van der Waals surface area contributed by atoms with Gasteiger partial charge >= 0.3 is 0 Å². The third-order valence-electron chi connectivity index (χ3n) is 3.09. The summed E-state index contributed by atoms with van der Waals surface area (Å²) in [5.74, 6) is -0.589. The first-order chi connectivity index (χ1) is 9.25. The van der Waals surface area contributed by atoms with Crippen LogP contribution in [0.25, 0.3) is 0 Å². The highest BCUT2D eigenvalue weighted by atomic mass is 32.2. The fourth-order valence-corrected chi connectivity index (χ4v) is 3.36. The Hall–Kier alpha value is -2.09. The van der Waals surface area contributed by atoms with Gasteiger partial charge in [-0.05, 0) is 25.1 Å². The largest absolute Gasteiger partial charge is 0.381 e. The molecule has 2 N–H and O–H groups in total. The van der Waals surface area contributed by atoms with Gasteiger partial charge in [0.25, 0.3) is 10.0 Å². The van der Waals surface area contributed by atoms with E-state index in [0.29, 0.717) is 5.69 Å². The van der Waals surface area contributed by atoms with Gasteiger partial charge in [-0.1, -0.05) is 6.07 Å². The molecule has 108 valence electrons. The Bertz CT molecular complexity index is 755. The van der Waals surface area contributed by atoms with Gasteiger partial charge < -0.3 is 5.73 Å². The number of nitrogens with two attached hydrogens (primary N) is 1. The number of hydrogen-bond donors (Lipinski definition) is 1. The van der Waals surface area contributed by atoms with Crippen LogP contribution in [-0.4, -0.2) is 25.2 Å². The quantitative estimate of drug-likeness (QED) is 0.925. The standard InChI is InChI=1S/C12H15FN4O2S/c1-8-11(12(14)15-16(8)2)20(18,19)17(3)10-6-4-5-9(13)7-10/h4-7H,1-3H3,(H2,14,15). The second-order valence-corrected chi connectivity index (χ2v) is 6.28. The van der Waals surface area contributed by atoms with Gasteiger partial charge in [-0.25, -0.2) is 12.8 Å². The number of benzene rings is 1. The molecule has 0 radical (unpaired) electrons. The van der Waals surface area contributed by atoms with E-state index < -0.39 is 15.8 Å². The molecule has 1 aromatic heterocycles. The molecule has 0 spiro atoms. The molecule has 1 heterocycles. The van der Waals surface area contributed by atoms with Crippen molar-refractivity contribution in [1.29, 1.82) is 0 Å². The van der Waals surface area contributed by atoms with Crippen LogP contribution >= 0.6 is 0 Å². The molecule has 2 aromatic rings. The second-order valence-electron chi connectivity index (χ2n) is 4.38. The van der Waals surface area contributed by atoms with Crippen LogP contribution in [0.3, 0.4) is 0 Å². The minimum atomic E-state index is -3.89. The topological polar surface area (TPSA) is 81.2 Å². The van der Waals surface area contributed by atoms with Crippen molar-refractivity contribution in [2.45, 2.75) is 11.8 Å². The van der Waals surface area contributed by atoms with Gasteiger partial charge in [0.15, 0.2) is 10.7 Å². The summed E-state index contributed by atoms with van der Waals surface area (Å²) in [5.41, 5.74) is 6.30. The fourth-order valence-electron chi connectivity index (χ4n) is 1.88. The van der Waals surface area contributed by atoms with Crippen molar-refractivity contribution < 1.29 is 12.8 Å². The van der Waals surface area contributed by atoms with Gasteiger partial charge in [0.1, 0.15) is 5.82 Å². The molecule has 0 saturated heterocycles. The summed E-state index contributed by atoms with van der Waals surface area (Å²) >= 11 is 0.